The number of aliphatic carboxylic acids is 1. The van der Waals surface area contributed by atoms with Gasteiger partial charge in [-0.25, -0.2) is 4.79 Å². The summed E-state index contributed by atoms with van der Waals surface area (Å²) in [5.74, 6) is -1.35. The van der Waals surface area contributed by atoms with Gasteiger partial charge in [-0.3, -0.25) is 4.79 Å². The molecule has 0 radical (unpaired) electrons. The van der Waals surface area contributed by atoms with Gasteiger partial charge >= 0.3 is 5.97 Å². The van der Waals surface area contributed by atoms with E-state index in [1.807, 2.05) is 6.07 Å². The molecule has 7 heteroatoms. The standard InChI is InChI=1S/C14H14N2O4S/c15-5-6-21-12-4-2-1-3-10(12)13(18)16-8-9(17)7-11(16)14(19)20/h1-4,9,11,17H,6-8H2,(H,19,20)/t9-,11+/m1/s1. The number of amides is 1. The lowest BCUT2D eigenvalue weighted by atomic mass is 10.1. The molecule has 2 atom stereocenters. The molecule has 0 saturated carbocycles. The van der Waals surface area contributed by atoms with Crippen molar-refractivity contribution >= 4 is 23.6 Å². The van der Waals surface area contributed by atoms with E-state index in [2.05, 4.69) is 0 Å². The number of benzene rings is 1. The fourth-order valence-electron chi connectivity index (χ4n) is 2.31. The third-order valence-corrected chi connectivity index (χ3v) is 4.18. The van der Waals surface area contributed by atoms with Crippen molar-refractivity contribution in [3.8, 4) is 6.07 Å². The van der Waals surface area contributed by atoms with Crippen LogP contribution in [-0.4, -0.2) is 51.4 Å². The van der Waals surface area contributed by atoms with Crippen LogP contribution in [0.1, 0.15) is 16.8 Å². The Bertz CT molecular complexity index is 599. The molecule has 1 saturated heterocycles. The molecule has 0 unspecified atom stereocenters. The highest BCUT2D eigenvalue weighted by Gasteiger charge is 2.39. The number of aliphatic hydroxyl groups is 1. The maximum Gasteiger partial charge on any atom is 0.326 e. The quantitative estimate of drug-likeness (QED) is 0.803. The van der Waals surface area contributed by atoms with Gasteiger partial charge in [0.1, 0.15) is 6.04 Å². The van der Waals surface area contributed by atoms with E-state index >= 15 is 0 Å². The van der Waals surface area contributed by atoms with Crippen LogP contribution in [0.3, 0.4) is 0 Å². The van der Waals surface area contributed by atoms with Gasteiger partial charge in [-0.05, 0) is 12.1 Å². The predicted octanol–water partition coefficient (Wildman–Crippen LogP) is 0.962. The average molecular weight is 306 g/mol. The van der Waals surface area contributed by atoms with Crippen LogP contribution in [0.4, 0.5) is 0 Å². The van der Waals surface area contributed by atoms with Crippen LogP contribution in [0.5, 0.6) is 0 Å². The molecule has 1 fully saturated rings. The van der Waals surface area contributed by atoms with Gasteiger partial charge in [0.15, 0.2) is 0 Å². The Hall–Kier alpha value is -2.04. The summed E-state index contributed by atoms with van der Waals surface area (Å²) in [4.78, 5) is 25.6. The van der Waals surface area contributed by atoms with Crippen molar-refractivity contribution in [2.45, 2.75) is 23.5 Å². The SMILES string of the molecule is N#CCSc1ccccc1C(=O)N1C[C@H](O)C[C@H]1C(=O)O. The van der Waals surface area contributed by atoms with E-state index in [9.17, 15) is 14.7 Å². The second-order valence-electron chi connectivity index (χ2n) is 4.64. The second-order valence-corrected chi connectivity index (χ2v) is 5.66. The Labute approximate surface area is 126 Å². The smallest absolute Gasteiger partial charge is 0.326 e. The fraction of sp³-hybridized carbons (Fsp3) is 0.357. The second kappa shape index (κ2) is 6.61. The summed E-state index contributed by atoms with van der Waals surface area (Å²) in [5, 5.41) is 27.4. The lowest BCUT2D eigenvalue weighted by molar-refractivity contribution is -0.141. The van der Waals surface area contributed by atoms with E-state index in [1.165, 1.54) is 16.7 Å². The minimum absolute atomic E-state index is 0.00699. The zero-order valence-corrected chi connectivity index (χ0v) is 11.9. The van der Waals surface area contributed by atoms with Gasteiger partial charge in [-0.2, -0.15) is 5.26 Å². The van der Waals surface area contributed by atoms with E-state index in [0.29, 0.717) is 10.5 Å². The van der Waals surface area contributed by atoms with Crippen LogP contribution in [0.2, 0.25) is 0 Å². The third-order valence-electron chi connectivity index (χ3n) is 3.23. The first-order valence-corrected chi connectivity index (χ1v) is 7.33. The third kappa shape index (κ3) is 3.35. The summed E-state index contributed by atoms with van der Waals surface area (Å²) >= 11 is 1.23. The number of carboxylic acid groups (broad SMARTS) is 1. The highest BCUT2D eigenvalue weighted by molar-refractivity contribution is 7.99. The maximum absolute atomic E-state index is 12.5. The van der Waals surface area contributed by atoms with E-state index < -0.39 is 24.0 Å². The first kappa shape index (κ1) is 15.4. The Morgan fingerprint density at radius 3 is 2.81 bits per heavy atom. The van der Waals surface area contributed by atoms with Gasteiger partial charge < -0.3 is 15.1 Å². The monoisotopic (exact) mass is 306 g/mol. The van der Waals surface area contributed by atoms with Gasteiger partial charge in [0.2, 0.25) is 0 Å². The largest absolute Gasteiger partial charge is 0.480 e. The Morgan fingerprint density at radius 1 is 1.43 bits per heavy atom. The zero-order chi connectivity index (χ0) is 15.4. The lowest BCUT2D eigenvalue weighted by Crippen LogP contribution is -2.40. The Kier molecular flexibility index (Phi) is 4.83. The Balaban J connectivity index is 2.27. The maximum atomic E-state index is 12.5. The molecule has 0 aromatic heterocycles. The number of β-amino-alcohol motifs (C(OH)–C–C–N with tert-alkyl or cyclic N) is 1. The summed E-state index contributed by atoms with van der Waals surface area (Å²) in [6, 6.07) is 7.74. The number of hydrogen-bond acceptors (Lipinski definition) is 5. The predicted molar refractivity (Wildman–Crippen MR) is 75.9 cm³/mol. The van der Waals surface area contributed by atoms with Crippen LogP contribution in [-0.2, 0) is 4.79 Å². The van der Waals surface area contributed by atoms with Crippen molar-refractivity contribution in [1.29, 1.82) is 5.26 Å². The summed E-state index contributed by atoms with van der Waals surface area (Å²) in [7, 11) is 0. The molecule has 2 rings (SSSR count). The van der Waals surface area contributed by atoms with Crippen molar-refractivity contribution in [3.05, 3.63) is 29.8 Å². The number of hydrogen-bond donors (Lipinski definition) is 2. The molecule has 21 heavy (non-hydrogen) atoms. The fourth-order valence-corrected chi connectivity index (χ4v) is 3.01. The molecular formula is C14H14N2O4S. The molecule has 110 valence electrons. The summed E-state index contributed by atoms with van der Waals surface area (Å²) in [6.45, 7) is 0.00699. The minimum atomic E-state index is -1.12. The molecule has 1 aromatic carbocycles. The molecule has 1 amide bonds. The molecule has 2 N–H and O–H groups in total. The minimum Gasteiger partial charge on any atom is -0.480 e. The van der Waals surface area contributed by atoms with Crippen molar-refractivity contribution < 1.29 is 19.8 Å². The number of likely N-dealkylation sites (tertiary alicyclic amines) is 1. The number of nitriles is 1. The highest BCUT2D eigenvalue weighted by Crippen LogP contribution is 2.27. The number of thioether (sulfide) groups is 1. The lowest BCUT2D eigenvalue weighted by Gasteiger charge is -2.22. The highest BCUT2D eigenvalue weighted by atomic mass is 32.2. The van der Waals surface area contributed by atoms with Crippen LogP contribution in [0, 0.1) is 11.3 Å². The van der Waals surface area contributed by atoms with Gasteiger partial charge in [0.05, 0.1) is 23.5 Å². The van der Waals surface area contributed by atoms with Gasteiger partial charge in [0, 0.05) is 17.9 Å². The normalized spacial score (nSPS) is 21.0. The molecule has 1 aliphatic rings. The van der Waals surface area contributed by atoms with E-state index in [0.717, 1.165) is 0 Å². The number of carboxylic acids is 1. The molecule has 0 aliphatic carbocycles. The van der Waals surface area contributed by atoms with Crippen molar-refractivity contribution in [1.82, 2.24) is 4.90 Å². The first-order chi connectivity index (χ1) is 10.0. The number of nitrogens with zero attached hydrogens (tertiary/aromatic N) is 2. The Morgan fingerprint density at radius 2 is 2.14 bits per heavy atom. The molecule has 1 aromatic rings. The molecule has 1 heterocycles. The number of carbonyl (C=O) groups excluding carboxylic acids is 1. The number of rotatable bonds is 4. The van der Waals surface area contributed by atoms with Gasteiger partial charge in [0.25, 0.3) is 5.91 Å². The molecular weight excluding hydrogens is 292 g/mol. The van der Waals surface area contributed by atoms with E-state index in [1.54, 1.807) is 24.3 Å². The van der Waals surface area contributed by atoms with Crippen molar-refractivity contribution in [2.24, 2.45) is 0 Å². The first-order valence-electron chi connectivity index (χ1n) is 6.35. The number of carbonyl (C=O) groups is 2. The topological polar surface area (TPSA) is 102 Å². The average Bonchev–Trinajstić information content (AvgIpc) is 2.87. The summed E-state index contributed by atoms with van der Waals surface area (Å²) in [5.41, 5.74) is 0.359. The van der Waals surface area contributed by atoms with E-state index in [-0.39, 0.29) is 18.7 Å². The molecule has 0 bridgehead atoms. The number of aliphatic hydroxyl groups excluding tert-OH is 1. The van der Waals surface area contributed by atoms with Crippen LogP contribution >= 0.6 is 11.8 Å². The van der Waals surface area contributed by atoms with Gasteiger partial charge in [-0.15, -0.1) is 11.8 Å². The summed E-state index contributed by atoms with van der Waals surface area (Å²) < 4.78 is 0. The van der Waals surface area contributed by atoms with Crippen molar-refractivity contribution in [3.63, 3.8) is 0 Å². The molecule has 6 nitrogen and oxygen atoms in total. The van der Waals surface area contributed by atoms with Crippen molar-refractivity contribution in [2.75, 3.05) is 12.3 Å². The van der Waals surface area contributed by atoms with Crippen LogP contribution in [0.25, 0.3) is 0 Å². The molecule has 0 spiro atoms. The van der Waals surface area contributed by atoms with Gasteiger partial charge in [-0.1, -0.05) is 12.1 Å². The zero-order valence-electron chi connectivity index (χ0n) is 11.1. The summed E-state index contributed by atoms with van der Waals surface area (Å²) in [6.07, 6.45) is -0.789. The van der Waals surface area contributed by atoms with E-state index in [4.69, 9.17) is 10.4 Å². The molecule has 1 aliphatic heterocycles. The van der Waals surface area contributed by atoms with Crippen LogP contribution in [0.15, 0.2) is 29.2 Å². The van der Waals surface area contributed by atoms with Crippen LogP contribution < -0.4 is 0 Å².